The highest BCUT2D eigenvalue weighted by Crippen LogP contribution is 2.22. The molecule has 2 unspecified atom stereocenters. The molecule has 1 aromatic rings. The van der Waals surface area contributed by atoms with Crippen molar-refractivity contribution in [1.82, 2.24) is 4.98 Å². The predicted molar refractivity (Wildman–Crippen MR) is 71.7 cm³/mol. The molecule has 100 valence electrons. The van der Waals surface area contributed by atoms with Gasteiger partial charge >= 0.3 is 0 Å². The minimum atomic E-state index is -0.445. The standard InChI is InChI=1S/C14H22N2O2/c1-3-18-13-5-4-8-16(10-13)14-9-12(11(2)17)6-7-15-14/h6-7,9,11,13,17H,3-5,8,10H2,1-2H3. The minimum Gasteiger partial charge on any atom is -0.389 e. The van der Waals surface area contributed by atoms with Gasteiger partial charge in [-0.05, 0) is 44.4 Å². The van der Waals surface area contributed by atoms with E-state index in [0.29, 0.717) is 6.10 Å². The van der Waals surface area contributed by atoms with Gasteiger partial charge in [0.25, 0.3) is 0 Å². The van der Waals surface area contributed by atoms with Crippen LogP contribution in [-0.2, 0) is 4.74 Å². The SMILES string of the molecule is CCOC1CCCN(c2cc(C(C)O)ccn2)C1. The lowest BCUT2D eigenvalue weighted by atomic mass is 10.1. The van der Waals surface area contributed by atoms with Crippen LogP contribution in [0.3, 0.4) is 0 Å². The fourth-order valence-electron chi connectivity index (χ4n) is 2.38. The fourth-order valence-corrected chi connectivity index (χ4v) is 2.38. The highest BCUT2D eigenvalue weighted by molar-refractivity contribution is 5.42. The molecule has 1 saturated heterocycles. The number of piperidine rings is 1. The highest BCUT2D eigenvalue weighted by Gasteiger charge is 2.21. The molecule has 2 rings (SSSR count). The zero-order valence-electron chi connectivity index (χ0n) is 11.2. The molecule has 0 radical (unpaired) electrons. The summed E-state index contributed by atoms with van der Waals surface area (Å²) in [6.07, 6.45) is 3.88. The van der Waals surface area contributed by atoms with Crippen LogP contribution in [0.25, 0.3) is 0 Å². The van der Waals surface area contributed by atoms with Gasteiger partial charge in [-0.15, -0.1) is 0 Å². The van der Waals surface area contributed by atoms with E-state index >= 15 is 0 Å². The summed E-state index contributed by atoms with van der Waals surface area (Å²) in [4.78, 5) is 6.65. The number of aliphatic hydroxyl groups is 1. The summed E-state index contributed by atoms with van der Waals surface area (Å²) < 4.78 is 5.69. The largest absolute Gasteiger partial charge is 0.389 e. The number of ether oxygens (including phenoxy) is 1. The number of rotatable bonds is 4. The Morgan fingerprint density at radius 2 is 2.44 bits per heavy atom. The monoisotopic (exact) mass is 250 g/mol. The van der Waals surface area contributed by atoms with Crippen LogP contribution in [0.1, 0.15) is 38.4 Å². The first kappa shape index (κ1) is 13.3. The molecule has 1 aliphatic heterocycles. The van der Waals surface area contributed by atoms with E-state index in [4.69, 9.17) is 4.74 Å². The number of hydrogen-bond donors (Lipinski definition) is 1. The molecule has 1 fully saturated rings. The average Bonchev–Trinajstić information content (AvgIpc) is 2.39. The van der Waals surface area contributed by atoms with Crippen LogP contribution in [0.15, 0.2) is 18.3 Å². The predicted octanol–water partition coefficient (Wildman–Crippen LogP) is 2.14. The van der Waals surface area contributed by atoms with E-state index < -0.39 is 6.10 Å². The van der Waals surface area contributed by atoms with Gasteiger partial charge in [-0.1, -0.05) is 0 Å². The molecule has 1 aliphatic rings. The molecule has 1 N–H and O–H groups in total. The third-order valence-electron chi connectivity index (χ3n) is 3.36. The van der Waals surface area contributed by atoms with Crippen molar-refractivity contribution < 1.29 is 9.84 Å². The molecule has 4 heteroatoms. The molecular formula is C14H22N2O2. The van der Waals surface area contributed by atoms with Gasteiger partial charge in [0.05, 0.1) is 12.2 Å². The Hall–Kier alpha value is -1.13. The fraction of sp³-hybridized carbons (Fsp3) is 0.643. The Bertz CT molecular complexity index is 380. The van der Waals surface area contributed by atoms with E-state index in [1.54, 1.807) is 13.1 Å². The zero-order valence-corrected chi connectivity index (χ0v) is 11.2. The van der Waals surface area contributed by atoms with E-state index in [-0.39, 0.29) is 0 Å². The first-order chi connectivity index (χ1) is 8.70. The van der Waals surface area contributed by atoms with Crippen LogP contribution < -0.4 is 4.90 Å². The van der Waals surface area contributed by atoms with Gasteiger partial charge < -0.3 is 14.7 Å². The molecule has 18 heavy (non-hydrogen) atoms. The molecule has 0 bridgehead atoms. The summed E-state index contributed by atoms with van der Waals surface area (Å²) in [5.41, 5.74) is 0.915. The van der Waals surface area contributed by atoms with Crippen LogP contribution >= 0.6 is 0 Å². The maximum Gasteiger partial charge on any atom is 0.128 e. The van der Waals surface area contributed by atoms with Crippen molar-refractivity contribution in [2.75, 3.05) is 24.6 Å². The van der Waals surface area contributed by atoms with Crippen molar-refractivity contribution in [2.45, 2.75) is 38.9 Å². The second-order valence-corrected chi connectivity index (χ2v) is 4.79. The van der Waals surface area contributed by atoms with Gasteiger partial charge in [0.1, 0.15) is 5.82 Å². The minimum absolute atomic E-state index is 0.306. The summed E-state index contributed by atoms with van der Waals surface area (Å²) in [7, 11) is 0. The zero-order chi connectivity index (χ0) is 13.0. The van der Waals surface area contributed by atoms with Crippen LogP contribution in [0.2, 0.25) is 0 Å². The third-order valence-corrected chi connectivity index (χ3v) is 3.36. The molecule has 2 heterocycles. The van der Waals surface area contributed by atoms with Crippen LogP contribution in [-0.4, -0.2) is 35.9 Å². The lowest BCUT2D eigenvalue weighted by Gasteiger charge is -2.33. The number of pyridine rings is 1. The molecule has 0 aromatic carbocycles. The second kappa shape index (κ2) is 6.16. The van der Waals surface area contributed by atoms with Crippen molar-refractivity contribution in [2.24, 2.45) is 0 Å². The molecule has 1 aromatic heterocycles. The van der Waals surface area contributed by atoms with Crippen LogP contribution in [0, 0.1) is 0 Å². The van der Waals surface area contributed by atoms with E-state index in [1.807, 2.05) is 19.1 Å². The average molecular weight is 250 g/mol. The Morgan fingerprint density at radius 3 is 3.17 bits per heavy atom. The van der Waals surface area contributed by atoms with E-state index in [9.17, 15) is 5.11 Å². The summed E-state index contributed by atoms with van der Waals surface area (Å²) in [6.45, 7) is 6.48. The van der Waals surface area contributed by atoms with Gasteiger partial charge in [-0.25, -0.2) is 4.98 Å². The topological polar surface area (TPSA) is 45.6 Å². The van der Waals surface area contributed by atoms with Crippen LogP contribution in [0.5, 0.6) is 0 Å². The van der Waals surface area contributed by atoms with Crippen molar-refractivity contribution in [1.29, 1.82) is 0 Å². The van der Waals surface area contributed by atoms with Gasteiger partial charge in [0.2, 0.25) is 0 Å². The summed E-state index contributed by atoms with van der Waals surface area (Å²) in [6, 6.07) is 3.83. The molecule has 0 saturated carbocycles. The molecule has 4 nitrogen and oxygen atoms in total. The molecule has 0 aliphatic carbocycles. The second-order valence-electron chi connectivity index (χ2n) is 4.79. The Morgan fingerprint density at radius 1 is 1.61 bits per heavy atom. The number of anilines is 1. The molecule has 0 amide bonds. The Kier molecular flexibility index (Phi) is 4.55. The Labute approximate surface area is 109 Å². The van der Waals surface area contributed by atoms with Gasteiger partial charge in [0.15, 0.2) is 0 Å². The number of aliphatic hydroxyl groups excluding tert-OH is 1. The summed E-state index contributed by atoms with van der Waals surface area (Å²) in [5.74, 6) is 0.942. The van der Waals surface area contributed by atoms with Crippen molar-refractivity contribution >= 4 is 5.82 Å². The molecule has 2 atom stereocenters. The Balaban J connectivity index is 2.08. The van der Waals surface area contributed by atoms with Crippen molar-refractivity contribution in [3.05, 3.63) is 23.9 Å². The van der Waals surface area contributed by atoms with E-state index in [0.717, 1.165) is 43.9 Å². The highest BCUT2D eigenvalue weighted by atomic mass is 16.5. The smallest absolute Gasteiger partial charge is 0.128 e. The van der Waals surface area contributed by atoms with Crippen molar-refractivity contribution in [3.63, 3.8) is 0 Å². The van der Waals surface area contributed by atoms with Crippen LogP contribution in [0.4, 0.5) is 5.82 Å². The first-order valence-corrected chi connectivity index (χ1v) is 6.71. The quantitative estimate of drug-likeness (QED) is 0.889. The van der Waals surface area contributed by atoms with Gasteiger partial charge in [-0.2, -0.15) is 0 Å². The third kappa shape index (κ3) is 3.21. The molecular weight excluding hydrogens is 228 g/mol. The number of aromatic nitrogens is 1. The molecule has 0 spiro atoms. The first-order valence-electron chi connectivity index (χ1n) is 6.71. The normalized spacial score (nSPS) is 21.9. The summed E-state index contributed by atoms with van der Waals surface area (Å²) >= 11 is 0. The van der Waals surface area contributed by atoms with E-state index in [2.05, 4.69) is 9.88 Å². The lowest BCUT2D eigenvalue weighted by Crippen LogP contribution is -2.40. The lowest BCUT2D eigenvalue weighted by molar-refractivity contribution is 0.0525. The van der Waals surface area contributed by atoms with Gasteiger partial charge in [0, 0.05) is 25.9 Å². The van der Waals surface area contributed by atoms with Crippen molar-refractivity contribution in [3.8, 4) is 0 Å². The summed E-state index contributed by atoms with van der Waals surface area (Å²) in [5, 5.41) is 9.61. The number of nitrogens with zero attached hydrogens (tertiary/aromatic N) is 2. The maximum absolute atomic E-state index is 9.61. The number of hydrogen-bond acceptors (Lipinski definition) is 4. The van der Waals surface area contributed by atoms with E-state index in [1.165, 1.54) is 0 Å². The maximum atomic E-state index is 9.61. The van der Waals surface area contributed by atoms with Gasteiger partial charge in [-0.3, -0.25) is 0 Å².